The molecule has 2 amide bonds. The minimum Gasteiger partial charge on any atom is -0.494 e. The molecular weight excluding hydrogens is 372 g/mol. The number of hydrogen-bond donors (Lipinski definition) is 1. The molecule has 0 heterocycles. The fraction of sp³-hybridized carbons (Fsp3) is 0.318. The van der Waals surface area contributed by atoms with E-state index >= 15 is 0 Å². The van der Waals surface area contributed by atoms with Crippen LogP contribution in [0.1, 0.15) is 31.1 Å². The highest BCUT2D eigenvalue weighted by Crippen LogP contribution is 2.15. The van der Waals surface area contributed by atoms with Crippen LogP contribution in [0.25, 0.3) is 0 Å². The standard InChI is InChI=1S/C22H26N2O5/c1-4-24(18-9-7-6-8-10-18)22(27)16(3)29-20(25)15-23-21(26)17-11-13-19(14-12-17)28-5-2/h6-14,16H,4-5,15H2,1-3H3,(H,23,26)/t16-/m1/s1. The van der Waals surface area contributed by atoms with E-state index in [0.717, 1.165) is 5.69 Å². The van der Waals surface area contributed by atoms with E-state index in [4.69, 9.17) is 9.47 Å². The smallest absolute Gasteiger partial charge is 0.326 e. The summed E-state index contributed by atoms with van der Waals surface area (Å²) in [6.07, 6.45) is -0.968. The third-order valence-electron chi connectivity index (χ3n) is 4.13. The Kier molecular flexibility index (Phi) is 8.21. The van der Waals surface area contributed by atoms with Crippen LogP contribution in [0.15, 0.2) is 54.6 Å². The molecule has 0 fully saturated rings. The molecule has 0 aromatic heterocycles. The number of benzene rings is 2. The molecule has 2 rings (SSSR count). The number of nitrogens with one attached hydrogen (secondary N) is 1. The lowest BCUT2D eigenvalue weighted by molar-refractivity contribution is -0.152. The maximum atomic E-state index is 12.6. The molecule has 0 unspecified atom stereocenters. The summed E-state index contributed by atoms with van der Waals surface area (Å²) in [4.78, 5) is 38.3. The van der Waals surface area contributed by atoms with Gasteiger partial charge in [-0.1, -0.05) is 18.2 Å². The molecule has 1 N–H and O–H groups in total. The van der Waals surface area contributed by atoms with Gasteiger partial charge in [0.05, 0.1) is 6.61 Å². The van der Waals surface area contributed by atoms with Crippen molar-refractivity contribution in [1.29, 1.82) is 0 Å². The fourth-order valence-corrected chi connectivity index (χ4v) is 2.71. The van der Waals surface area contributed by atoms with Crippen LogP contribution in [0.2, 0.25) is 0 Å². The molecule has 0 saturated heterocycles. The third kappa shape index (κ3) is 6.34. The van der Waals surface area contributed by atoms with Crippen molar-refractivity contribution in [2.75, 3.05) is 24.6 Å². The molecule has 0 aliphatic rings. The average molecular weight is 398 g/mol. The number of esters is 1. The molecule has 2 aromatic carbocycles. The van der Waals surface area contributed by atoms with Gasteiger partial charge in [-0.15, -0.1) is 0 Å². The van der Waals surface area contributed by atoms with Crippen LogP contribution in [-0.2, 0) is 14.3 Å². The average Bonchev–Trinajstić information content (AvgIpc) is 2.74. The van der Waals surface area contributed by atoms with Gasteiger partial charge in [0.25, 0.3) is 11.8 Å². The van der Waals surface area contributed by atoms with Crippen molar-refractivity contribution in [3.8, 4) is 5.75 Å². The van der Waals surface area contributed by atoms with Gasteiger partial charge in [0.15, 0.2) is 6.10 Å². The predicted molar refractivity (Wildman–Crippen MR) is 110 cm³/mol. The summed E-state index contributed by atoms with van der Waals surface area (Å²) in [5.74, 6) is -0.766. The first-order valence-corrected chi connectivity index (χ1v) is 9.53. The van der Waals surface area contributed by atoms with Crippen molar-refractivity contribution in [1.82, 2.24) is 5.32 Å². The molecule has 0 aliphatic heterocycles. The van der Waals surface area contributed by atoms with Gasteiger partial charge >= 0.3 is 5.97 Å². The van der Waals surface area contributed by atoms with Crippen LogP contribution < -0.4 is 15.0 Å². The van der Waals surface area contributed by atoms with Crippen molar-refractivity contribution < 1.29 is 23.9 Å². The van der Waals surface area contributed by atoms with Gasteiger partial charge in [-0.25, -0.2) is 0 Å². The van der Waals surface area contributed by atoms with E-state index in [2.05, 4.69) is 5.32 Å². The summed E-state index contributed by atoms with van der Waals surface area (Å²) in [5, 5.41) is 2.49. The second-order valence-electron chi connectivity index (χ2n) is 6.19. The lowest BCUT2D eigenvalue weighted by Gasteiger charge is -2.24. The van der Waals surface area contributed by atoms with Gasteiger partial charge in [0, 0.05) is 17.8 Å². The van der Waals surface area contributed by atoms with Crippen molar-refractivity contribution in [2.45, 2.75) is 26.9 Å². The summed E-state index contributed by atoms with van der Waals surface area (Å²) < 4.78 is 10.5. The first-order valence-electron chi connectivity index (χ1n) is 9.53. The monoisotopic (exact) mass is 398 g/mol. The molecule has 0 aliphatic carbocycles. The Labute approximate surface area is 170 Å². The number of amides is 2. The van der Waals surface area contributed by atoms with E-state index in [1.165, 1.54) is 11.8 Å². The van der Waals surface area contributed by atoms with Gasteiger partial charge in [0.2, 0.25) is 0 Å². The van der Waals surface area contributed by atoms with Crippen molar-refractivity contribution in [3.05, 3.63) is 60.2 Å². The maximum absolute atomic E-state index is 12.6. The van der Waals surface area contributed by atoms with Crippen LogP contribution in [0.5, 0.6) is 5.75 Å². The maximum Gasteiger partial charge on any atom is 0.326 e. The summed E-state index contributed by atoms with van der Waals surface area (Å²) >= 11 is 0. The predicted octanol–water partition coefficient (Wildman–Crippen LogP) is 2.80. The number of nitrogens with zero attached hydrogens (tertiary/aromatic N) is 1. The molecular formula is C22H26N2O5. The van der Waals surface area contributed by atoms with E-state index < -0.39 is 18.0 Å². The molecule has 0 spiro atoms. The molecule has 7 nitrogen and oxygen atoms in total. The molecule has 2 aromatic rings. The molecule has 154 valence electrons. The molecule has 0 saturated carbocycles. The second kappa shape index (κ2) is 10.8. The SMILES string of the molecule is CCOc1ccc(C(=O)NCC(=O)O[C@H](C)C(=O)N(CC)c2ccccc2)cc1. The number of carbonyl (C=O) groups excluding carboxylic acids is 3. The second-order valence-corrected chi connectivity index (χ2v) is 6.19. The lowest BCUT2D eigenvalue weighted by atomic mass is 10.2. The number of hydrogen-bond acceptors (Lipinski definition) is 5. The normalized spacial score (nSPS) is 11.3. The first kappa shape index (κ1) is 21.9. The van der Waals surface area contributed by atoms with Crippen molar-refractivity contribution >= 4 is 23.5 Å². The zero-order valence-corrected chi connectivity index (χ0v) is 16.9. The first-order chi connectivity index (χ1) is 14.0. The van der Waals surface area contributed by atoms with Crippen molar-refractivity contribution in [3.63, 3.8) is 0 Å². The highest BCUT2D eigenvalue weighted by Gasteiger charge is 2.24. The quantitative estimate of drug-likeness (QED) is 0.657. The number of ether oxygens (including phenoxy) is 2. The van der Waals surface area contributed by atoms with Crippen LogP contribution in [-0.4, -0.2) is 43.6 Å². The highest BCUT2D eigenvalue weighted by atomic mass is 16.5. The summed E-state index contributed by atoms with van der Waals surface area (Å²) in [6.45, 7) is 5.88. The van der Waals surface area contributed by atoms with Gasteiger partial charge < -0.3 is 19.7 Å². The van der Waals surface area contributed by atoms with E-state index in [-0.39, 0.29) is 12.5 Å². The molecule has 1 atom stereocenters. The Bertz CT molecular complexity index is 821. The van der Waals surface area contributed by atoms with E-state index in [9.17, 15) is 14.4 Å². The van der Waals surface area contributed by atoms with Gasteiger partial charge in [-0.05, 0) is 57.2 Å². The largest absolute Gasteiger partial charge is 0.494 e. The summed E-state index contributed by atoms with van der Waals surface area (Å²) in [7, 11) is 0. The Hall–Kier alpha value is -3.35. The van der Waals surface area contributed by atoms with Crippen LogP contribution >= 0.6 is 0 Å². The Balaban J connectivity index is 1.86. The number of likely N-dealkylation sites (N-methyl/N-ethyl adjacent to an activating group) is 1. The third-order valence-corrected chi connectivity index (χ3v) is 4.13. The van der Waals surface area contributed by atoms with E-state index in [1.807, 2.05) is 44.2 Å². The van der Waals surface area contributed by atoms with Crippen molar-refractivity contribution in [2.24, 2.45) is 0 Å². The minimum absolute atomic E-state index is 0.329. The van der Waals surface area contributed by atoms with Gasteiger partial charge in [-0.2, -0.15) is 0 Å². The summed E-state index contributed by atoms with van der Waals surface area (Å²) in [5.41, 5.74) is 1.12. The van der Waals surface area contributed by atoms with Crippen LogP contribution in [0.4, 0.5) is 5.69 Å². The Morgan fingerprint density at radius 1 is 1.00 bits per heavy atom. The highest BCUT2D eigenvalue weighted by molar-refractivity contribution is 5.98. The number of carbonyl (C=O) groups is 3. The molecule has 29 heavy (non-hydrogen) atoms. The van der Waals surface area contributed by atoms with Gasteiger partial charge in [0.1, 0.15) is 12.3 Å². The topological polar surface area (TPSA) is 84.9 Å². The number of anilines is 1. The van der Waals surface area contributed by atoms with E-state index in [1.54, 1.807) is 24.3 Å². The van der Waals surface area contributed by atoms with Crippen LogP contribution in [0.3, 0.4) is 0 Å². The van der Waals surface area contributed by atoms with Gasteiger partial charge in [-0.3, -0.25) is 14.4 Å². The number of para-hydroxylation sites is 1. The zero-order valence-electron chi connectivity index (χ0n) is 16.9. The molecule has 0 radical (unpaired) electrons. The Morgan fingerprint density at radius 3 is 2.24 bits per heavy atom. The van der Waals surface area contributed by atoms with E-state index in [0.29, 0.717) is 24.5 Å². The number of rotatable bonds is 9. The fourth-order valence-electron chi connectivity index (χ4n) is 2.71. The Morgan fingerprint density at radius 2 is 1.66 bits per heavy atom. The zero-order chi connectivity index (χ0) is 21.2. The van der Waals surface area contributed by atoms with Crippen LogP contribution in [0, 0.1) is 0 Å². The lowest BCUT2D eigenvalue weighted by Crippen LogP contribution is -2.41. The minimum atomic E-state index is -0.968. The molecule has 0 bridgehead atoms. The summed E-state index contributed by atoms with van der Waals surface area (Å²) in [6, 6.07) is 15.7. The molecule has 7 heteroatoms.